The van der Waals surface area contributed by atoms with Gasteiger partial charge in [0.15, 0.2) is 11.5 Å². The Balaban J connectivity index is 0.00000161. The van der Waals surface area contributed by atoms with Crippen molar-refractivity contribution in [3.05, 3.63) is 23.8 Å². The third kappa shape index (κ3) is 3.58. The van der Waals surface area contributed by atoms with Gasteiger partial charge >= 0.3 is 0 Å². The monoisotopic (exact) mass is 314 g/mol. The maximum absolute atomic E-state index is 12.0. The highest BCUT2D eigenvalue weighted by Gasteiger charge is 2.29. The Morgan fingerprint density at radius 3 is 2.86 bits per heavy atom. The van der Waals surface area contributed by atoms with E-state index in [4.69, 9.17) is 19.9 Å². The van der Waals surface area contributed by atoms with Crippen LogP contribution in [-0.2, 0) is 16.1 Å². The summed E-state index contributed by atoms with van der Waals surface area (Å²) in [5.41, 5.74) is 6.50. The normalized spacial score (nSPS) is 22.7. The van der Waals surface area contributed by atoms with Crippen molar-refractivity contribution in [1.29, 1.82) is 0 Å². The lowest BCUT2D eigenvalue weighted by Crippen LogP contribution is -2.35. The van der Waals surface area contributed by atoms with Gasteiger partial charge in [-0.15, -0.1) is 12.4 Å². The number of nitrogens with one attached hydrogen (secondary N) is 1. The highest BCUT2D eigenvalue weighted by atomic mass is 35.5. The number of rotatable bonds is 4. The fourth-order valence-corrected chi connectivity index (χ4v) is 2.43. The lowest BCUT2D eigenvalue weighted by atomic mass is 10.1. The molecule has 2 heterocycles. The number of nitrogens with two attached hydrogens (primary N) is 1. The molecule has 1 amide bonds. The Kier molecular flexibility index (Phi) is 5.27. The fourth-order valence-electron chi connectivity index (χ4n) is 2.43. The van der Waals surface area contributed by atoms with E-state index in [0.29, 0.717) is 13.1 Å². The summed E-state index contributed by atoms with van der Waals surface area (Å²) >= 11 is 0. The predicted octanol–water partition coefficient (Wildman–Crippen LogP) is 0.960. The number of carbonyl (C=O) groups excluding carboxylic acids is 1. The molecular weight excluding hydrogens is 296 g/mol. The number of fused-ring (bicyclic) bond motifs is 1. The molecule has 0 unspecified atom stereocenters. The summed E-state index contributed by atoms with van der Waals surface area (Å²) in [6.07, 6.45) is 1.21. The zero-order chi connectivity index (χ0) is 13.9. The predicted molar refractivity (Wildman–Crippen MR) is 78.6 cm³/mol. The smallest absolute Gasteiger partial charge is 0.249 e. The molecule has 3 N–H and O–H groups in total. The maximum Gasteiger partial charge on any atom is 0.249 e. The molecule has 2 aliphatic heterocycles. The van der Waals surface area contributed by atoms with E-state index in [2.05, 4.69) is 5.32 Å². The molecule has 21 heavy (non-hydrogen) atoms. The van der Waals surface area contributed by atoms with Crippen LogP contribution in [0.5, 0.6) is 11.5 Å². The van der Waals surface area contributed by atoms with E-state index in [1.165, 1.54) is 0 Å². The summed E-state index contributed by atoms with van der Waals surface area (Å²) in [6.45, 7) is 1.16. The van der Waals surface area contributed by atoms with Crippen LogP contribution in [0.1, 0.15) is 18.4 Å². The standard InChI is InChI=1S/C14H18N2O4.ClH/c15-6-10-2-4-12(20-10)14(17)16-7-9-1-3-11-13(5-9)19-8-18-11;/h1,3,5,10,12H,2,4,6-8,15H2,(H,16,17);1H/t10-,12+;/m1./s1. The summed E-state index contributed by atoms with van der Waals surface area (Å²) in [5, 5.41) is 2.88. The molecule has 6 nitrogen and oxygen atoms in total. The Bertz CT molecular complexity index is 512. The van der Waals surface area contributed by atoms with E-state index >= 15 is 0 Å². The first-order valence-electron chi connectivity index (χ1n) is 6.78. The van der Waals surface area contributed by atoms with Crippen LogP contribution >= 0.6 is 12.4 Å². The lowest BCUT2D eigenvalue weighted by molar-refractivity contribution is -0.132. The quantitative estimate of drug-likeness (QED) is 0.865. The van der Waals surface area contributed by atoms with E-state index in [-0.39, 0.29) is 37.3 Å². The molecule has 1 aromatic rings. The summed E-state index contributed by atoms with van der Waals surface area (Å²) < 4.78 is 16.1. The number of ether oxygens (including phenoxy) is 3. The molecule has 0 saturated carbocycles. The van der Waals surface area contributed by atoms with Gasteiger partial charge in [-0.1, -0.05) is 6.07 Å². The van der Waals surface area contributed by atoms with Crippen LogP contribution in [0.25, 0.3) is 0 Å². The second-order valence-corrected chi connectivity index (χ2v) is 4.97. The van der Waals surface area contributed by atoms with Crippen molar-refractivity contribution in [1.82, 2.24) is 5.32 Å². The Morgan fingerprint density at radius 2 is 2.10 bits per heavy atom. The summed E-state index contributed by atoms with van der Waals surface area (Å²) in [7, 11) is 0. The third-order valence-corrected chi connectivity index (χ3v) is 3.57. The van der Waals surface area contributed by atoms with Crippen LogP contribution in [0.2, 0.25) is 0 Å². The lowest BCUT2D eigenvalue weighted by Gasteiger charge is -2.12. The van der Waals surface area contributed by atoms with Gasteiger partial charge < -0.3 is 25.3 Å². The van der Waals surface area contributed by atoms with Gasteiger partial charge in [-0.25, -0.2) is 0 Å². The van der Waals surface area contributed by atoms with Gasteiger partial charge in [-0.05, 0) is 30.5 Å². The van der Waals surface area contributed by atoms with Gasteiger partial charge in [-0.2, -0.15) is 0 Å². The Labute approximate surface area is 129 Å². The SMILES string of the molecule is Cl.NC[C@H]1CC[C@@H](C(=O)NCc2ccc3c(c2)OCO3)O1. The number of hydrogen-bond acceptors (Lipinski definition) is 5. The molecule has 0 spiro atoms. The van der Waals surface area contributed by atoms with E-state index in [0.717, 1.165) is 29.9 Å². The van der Waals surface area contributed by atoms with Gasteiger partial charge in [0.2, 0.25) is 12.7 Å². The van der Waals surface area contributed by atoms with E-state index in [1.54, 1.807) is 0 Å². The second-order valence-electron chi connectivity index (χ2n) is 4.97. The average molecular weight is 315 g/mol. The largest absolute Gasteiger partial charge is 0.454 e. The first kappa shape index (κ1) is 15.9. The molecule has 1 saturated heterocycles. The van der Waals surface area contributed by atoms with Gasteiger partial charge in [0.1, 0.15) is 6.10 Å². The fraction of sp³-hybridized carbons (Fsp3) is 0.500. The van der Waals surface area contributed by atoms with Crippen LogP contribution < -0.4 is 20.5 Å². The molecule has 1 fully saturated rings. The molecule has 1 aromatic carbocycles. The third-order valence-electron chi connectivity index (χ3n) is 3.57. The molecule has 2 atom stereocenters. The van der Waals surface area contributed by atoms with Gasteiger partial charge in [0.05, 0.1) is 6.10 Å². The zero-order valence-electron chi connectivity index (χ0n) is 11.5. The van der Waals surface area contributed by atoms with Crippen LogP contribution in [0.15, 0.2) is 18.2 Å². The van der Waals surface area contributed by atoms with Crippen molar-refractivity contribution in [3.8, 4) is 11.5 Å². The van der Waals surface area contributed by atoms with Crippen molar-refractivity contribution in [2.75, 3.05) is 13.3 Å². The maximum atomic E-state index is 12.0. The Hall–Kier alpha value is -1.50. The van der Waals surface area contributed by atoms with Crippen molar-refractivity contribution in [2.24, 2.45) is 5.73 Å². The van der Waals surface area contributed by atoms with E-state index < -0.39 is 0 Å². The number of amides is 1. The average Bonchev–Trinajstić information content (AvgIpc) is 3.12. The topological polar surface area (TPSA) is 82.8 Å². The molecule has 3 rings (SSSR count). The summed E-state index contributed by atoms with van der Waals surface area (Å²) in [6, 6.07) is 5.63. The van der Waals surface area contributed by atoms with Gasteiger partial charge in [0.25, 0.3) is 0 Å². The highest BCUT2D eigenvalue weighted by Crippen LogP contribution is 2.32. The van der Waals surface area contributed by atoms with Crippen molar-refractivity contribution in [3.63, 3.8) is 0 Å². The Morgan fingerprint density at radius 1 is 1.29 bits per heavy atom. The highest BCUT2D eigenvalue weighted by molar-refractivity contribution is 5.85. The van der Waals surface area contributed by atoms with Crippen molar-refractivity contribution < 1.29 is 19.0 Å². The molecule has 0 aromatic heterocycles. The number of hydrogen-bond donors (Lipinski definition) is 2. The molecule has 2 aliphatic rings. The van der Waals surface area contributed by atoms with E-state index in [9.17, 15) is 4.79 Å². The molecule has 0 aliphatic carbocycles. The molecule has 0 radical (unpaired) electrons. The summed E-state index contributed by atoms with van der Waals surface area (Å²) in [5.74, 6) is 1.38. The first-order chi connectivity index (χ1) is 9.76. The van der Waals surface area contributed by atoms with Crippen LogP contribution in [-0.4, -0.2) is 31.5 Å². The van der Waals surface area contributed by atoms with Crippen LogP contribution in [0, 0.1) is 0 Å². The van der Waals surface area contributed by atoms with E-state index in [1.807, 2.05) is 18.2 Å². The van der Waals surface area contributed by atoms with Gasteiger partial charge in [0, 0.05) is 13.1 Å². The van der Waals surface area contributed by atoms with Crippen LogP contribution in [0.3, 0.4) is 0 Å². The summed E-state index contributed by atoms with van der Waals surface area (Å²) in [4.78, 5) is 12.0. The molecular formula is C14H19ClN2O4. The first-order valence-corrected chi connectivity index (χ1v) is 6.78. The second kappa shape index (κ2) is 6.98. The van der Waals surface area contributed by atoms with Crippen molar-refractivity contribution in [2.45, 2.75) is 31.6 Å². The molecule has 0 bridgehead atoms. The molecule has 116 valence electrons. The van der Waals surface area contributed by atoms with Crippen molar-refractivity contribution >= 4 is 18.3 Å². The van der Waals surface area contributed by atoms with Gasteiger partial charge in [-0.3, -0.25) is 4.79 Å². The van der Waals surface area contributed by atoms with Crippen LogP contribution in [0.4, 0.5) is 0 Å². The molecule has 7 heteroatoms. The zero-order valence-corrected chi connectivity index (χ0v) is 12.4. The number of halogens is 1. The minimum absolute atomic E-state index is 0. The minimum atomic E-state index is -0.377. The number of carbonyl (C=O) groups is 1. The minimum Gasteiger partial charge on any atom is -0.454 e. The number of benzene rings is 1.